The van der Waals surface area contributed by atoms with Gasteiger partial charge in [0.1, 0.15) is 5.78 Å². The summed E-state index contributed by atoms with van der Waals surface area (Å²) in [5, 5.41) is 3.03. The Hall–Kier alpha value is -1.16. The number of aromatic nitrogens is 2. The molecule has 1 aromatic rings. The quantitative estimate of drug-likeness (QED) is 0.613. The average molecular weight is 167 g/mol. The number of nitrogens with one attached hydrogen (secondary N) is 2. The van der Waals surface area contributed by atoms with Gasteiger partial charge in [0, 0.05) is 24.9 Å². The van der Waals surface area contributed by atoms with Gasteiger partial charge >= 0.3 is 0 Å². The van der Waals surface area contributed by atoms with Gasteiger partial charge in [-0.25, -0.2) is 4.98 Å². The first-order valence-electron chi connectivity index (χ1n) is 3.96. The van der Waals surface area contributed by atoms with E-state index in [1.54, 1.807) is 19.4 Å². The van der Waals surface area contributed by atoms with Crippen molar-refractivity contribution in [2.45, 2.75) is 13.3 Å². The first kappa shape index (κ1) is 8.93. The molecule has 0 spiro atoms. The smallest absolute Gasteiger partial charge is 0.143 e. The molecule has 4 heteroatoms. The van der Waals surface area contributed by atoms with Gasteiger partial charge in [-0.15, -0.1) is 0 Å². The minimum Gasteiger partial charge on any atom is -0.348 e. The Morgan fingerprint density at radius 2 is 2.58 bits per heavy atom. The largest absolute Gasteiger partial charge is 0.348 e. The molecule has 0 aromatic carbocycles. The molecule has 0 atom stereocenters. The van der Waals surface area contributed by atoms with Gasteiger partial charge < -0.3 is 10.3 Å². The minimum absolute atomic E-state index is 0.166. The van der Waals surface area contributed by atoms with E-state index < -0.39 is 0 Å². The van der Waals surface area contributed by atoms with Crippen molar-refractivity contribution in [3.05, 3.63) is 18.2 Å². The number of imidazole rings is 1. The lowest BCUT2D eigenvalue weighted by atomic mass is 10.3. The van der Waals surface area contributed by atoms with Gasteiger partial charge in [-0.2, -0.15) is 0 Å². The molecule has 0 amide bonds. The summed E-state index contributed by atoms with van der Waals surface area (Å²) in [6, 6.07) is 0. The zero-order chi connectivity index (χ0) is 8.81. The molecule has 0 saturated carbocycles. The van der Waals surface area contributed by atoms with Crippen LogP contribution in [0.3, 0.4) is 0 Å². The Bertz CT molecular complexity index is 230. The fourth-order valence-electron chi connectivity index (χ4n) is 0.909. The second-order valence-corrected chi connectivity index (χ2v) is 2.71. The number of carbonyl (C=O) groups is 1. The van der Waals surface area contributed by atoms with Gasteiger partial charge in [-0.1, -0.05) is 0 Å². The molecule has 1 heterocycles. The summed E-state index contributed by atoms with van der Waals surface area (Å²) in [6.45, 7) is 2.83. The van der Waals surface area contributed by atoms with Crippen LogP contribution >= 0.6 is 0 Å². The molecule has 2 N–H and O–H groups in total. The van der Waals surface area contributed by atoms with Crippen LogP contribution in [0.25, 0.3) is 0 Å². The van der Waals surface area contributed by atoms with Gasteiger partial charge in [0.05, 0.1) is 12.9 Å². The fraction of sp³-hybridized carbons (Fsp3) is 0.500. The van der Waals surface area contributed by atoms with Crippen molar-refractivity contribution in [2.24, 2.45) is 0 Å². The van der Waals surface area contributed by atoms with Crippen LogP contribution < -0.4 is 5.32 Å². The summed E-state index contributed by atoms with van der Waals surface area (Å²) in [5.41, 5.74) is 1.09. The number of nitrogens with zero attached hydrogens (tertiary/aromatic N) is 1. The zero-order valence-electron chi connectivity index (χ0n) is 7.13. The molecular weight excluding hydrogens is 154 g/mol. The van der Waals surface area contributed by atoms with Crippen LogP contribution in [0.15, 0.2) is 12.5 Å². The van der Waals surface area contributed by atoms with Crippen molar-refractivity contribution in [1.29, 1.82) is 0 Å². The first-order chi connectivity index (χ1) is 5.79. The molecule has 0 aliphatic carbocycles. The highest BCUT2D eigenvalue weighted by molar-refractivity contribution is 5.77. The summed E-state index contributed by atoms with van der Waals surface area (Å²) in [4.78, 5) is 17.4. The highest BCUT2D eigenvalue weighted by Gasteiger charge is 1.94. The molecule has 0 saturated heterocycles. The third-order valence-electron chi connectivity index (χ3n) is 1.50. The average Bonchev–Trinajstić information content (AvgIpc) is 2.49. The topological polar surface area (TPSA) is 57.8 Å². The number of ketones is 1. The summed E-state index contributed by atoms with van der Waals surface area (Å²) >= 11 is 0. The maximum absolute atomic E-state index is 10.5. The number of rotatable bonds is 5. The van der Waals surface area contributed by atoms with Crippen LogP contribution in [0.5, 0.6) is 0 Å². The zero-order valence-corrected chi connectivity index (χ0v) is 7.13. The second-order valence-electron chi connectivity index (χ2n) is 2.71. The number of Topliss-reactive ketones (excluding diaryl/α,β-unsaturated/α-hetero) is 1. The number of H-pyrrole nitrogens is 1. The summed E-state index contributed by atoms with van der Waals surface area (Å²) in [6.07, 6.45) is 4.32. The van der Waals surface area contributed by atoms with E-state index in [9.17, 15) is 4.79 Å². The van der Waals surface area contributed by atoms with Gasteiger partial charge in [-0.3, -0.25) is 4.79 Å². The highest BCUT2D eigenvalue weighted by atomic mass is 16.1. The van der Waals surface area contributed by atoms with E-state index in [1.165, 1.54) is 0 Å². The van der Waals surface area contributed by atoms with Crippen LogP contribution in [-0.4, -0.2) is 28.8 Å². The van der Waals surface area contributed by atoms with E-state index in [4.69, 9.17) is 0 Å². The molecule has 0 fully saturated rings. The predicted octanol–water partition coefficient (Wildman–Crippen LogP) is 0.131. The number of carbonyl (C=O) groups excluding carboxylic acids is 1. The van der Waals surface area contributed by atoms with Crippen molar-refractivity contribution in [3.8, 4) is 0 Å². The summed E-state index contributed by atoms with van der Waals surface area (Å²) in [7, 11) is 0. The van der Waals surface area contributed by atoms with Crippen LogP contribution in [0.1, 0.15) is 12.6 Å². The van der Waals surface area contributed by atoms with Crippen LogP contribution in [0.4, 0.5) is 0 Å². The summed E-state index contributed by atoms with van der Waals surface area (Å²) in [5.74, 6) is 0.166. The van der Waals surface area contributed by atoms with E-state index in [1.807, 2.05) is 0 Å². The van der Waals surface area contributed by atoms with E-state index in [0.29, 0.717) is 6.54 Å². The van der Waals surface area contributed by atoms with Gasteiger partial charge in [0.2, 0.25) is 0 Å². The molecule has 4 nitrogen and oxygen atoms in total. The number of hydrogen-bond acceptors (Lipinski definition) is 3. The van der Waals surface area contributed by atoms with Gasteiger partial charge in [0.25, 0.3) is 0 Å². The van der Waals surface area contributed by atoms with E-state index in [-0.39, 0.29) is 5.78 Å². The molecule has 0 unspecified atom stereocenters. The SMILES string of the molecule is CC(=O)CNCCc1cnc[nH]1. The van der Waals surface area contributed by atoms with Crippen LogP contribution in [-0.2, 0) is 11.2 Å². The second kappa shape index (κ2) is 4.66. The van der Waals surface area contributed by atoms with Crippen molar-refractivity contribution >= 4 is 5.78 Å². The van der Waals surface area contributed by atoms with Crippen molar-refractivity contribution in [2.75, 3.05) is 13.1 Å². The molecule has 0 bridgehead atoms. The highest BCUT2D eigenvalue weighted by Crippen LogP contribution is 1.89. The lowest BCUT2D eigenvalue weighted by Gasteiger charge is -1.99. The van der Waals surface area contributed by atoms with Gasteiger partial charge in [-0.05, 0) is 6.92 Å². The minimum atomic E-state index is 0.166. The molecule has 0 aliphatic heterocycles. The Kier molecular flexibility index (Phi) is 3.47. The van der Waals surface area contributed by atoms with Crippen molar-refractivity contribution in [1.82, 2.24) is 15.3 Å². The summed E-state index contributed by atoms with van der Waals surface area (Å²) < 4.78 is 0. The molecule has 0 aliphatic rings. The van der Waals surface area contributed by atoms with E-state index >= 15 is 0 Å². The normalized spacial score (nSPS) is 10.1. The third-order valence-corrected chi connectivity index (χ3v) is 1.50. The molecule has 1 aromatic heterocycles. The number of hydrogen-bond donors (Lipinski definition) is 2. The Morgan fingerprint density at radius 3 is 3.17 bits per heavy atom. The van der Waals surface area contributed by atoms with Crippen molar-refractivity contribution in [3.63, 3.8) is 0 Å². The first-order valence-corrected chi connectivity index (χ1v) is 3.96. The molecule has 1 rings (SSSR count). The van der Waals surface area contributed by atoms with Gasteiger partial charge in [0.15, 0.2) is 0 Å². The standard InChI is InChI=1S/C8H13N3O/c1-7(12)4-9-3-2-8-5-10-6-11-8/h5-6,9H,2-4H2,1H3,(H,10,11). The Balaban J connectivity index is 2.07. The Morgan fingerprint density at radius 1 is 1.75 bits per heavy atom. The third kappa shape index (κ3) is 3.30. The Labute approximate surface area is 71.4 Å². The van der Waals surface area contributed by atoms with Crippen LogP contribution in [0, 0.1) is 0 Å². The molecule has 66 valence electrons. The van der Waals surface area contributed by atoms with E-state index in [2.05, 4.69) is 15.3 Å². The van der Waals surface area contributed by atoms with E-state index in [0.717, 1.165) is 18.7 Å². The fourth-order valence-corrected chi connectivity index (χ4v) is 0.909. The van der Waals surface area contributed by atoms with Crippen molar-refractivity contribution < 1.29 is 4.79 Å². The van der Waals surface area contributed by atoms with Crippen LogP contribution in [0.2, 0.25) is 0 Å². The molecule has 12 heavy (non-hydrogen) atoms. The predicted molar refractivity (Wildman–Crippen MR) is 45.8 cm³/mol. The maximum atomic E-state index is 10.5. The number of aromatic amines is 1. The molecular formula is C8H13N3O. The monoisotopic (exact) mass is 167 g/mol. The molecule has 0 radical (unpaired) electrons. The lowest BCUT2D eigenvalue weighted by molar-refractivity contribution is -0.116. The lowest BCUT2D eigenvalue weighted by Crippen LogP contribution is -2.23. The maximum Gasteiger partial charge on any atom is 0.143 e.